The van der Waals surface area contributed by atoms with Crippen LogP contribution in [0.1, 0.15) is 18.9 Å². The van der Waals surface area contributed by atoms with Crippen molar-refractivity contribution >= 4 is 11.6 Å². The summed E-state index contributed by atoms with van der Waals surface area (Å²) in [5.41, 5.74) is 1.51. The first-order valence-electron chi connectivity index (χ1n) is 7.79. The molecule has 21 heavy (non-hydrogen) atoms. The molecule has 4 nitrogen and oxygen atoms in total. The third kappa shape index (κ3) is 1.19. The fraction of sp³-hybridized carbons (Fsp3) is 0.588. The molecule has 7 atom stereocenters. The van der Waals surface area contributed by atoms with E-state index in [0.717, 1.165) is 12.1 Å². The topological polar surface area (TPSA) is 49.8 Å². The average molecular weight is 285 g/mol. The lowest BCUT2D eigenvalue weighted by Gasteiger charge is -2.36. The number of aliphatic hydroxyl groups excluding tert-OH is 1. The summed E-state index contributed by atoms with van der Waals surface area (Å²) in [6.07, 6.45) is 0.411. The number of anilines is 1. The quantitative estimate of drug-likeness (QED) is 0.854. The SMILES string of the molecule is Cc1ccc(N2C(=O)C3C4CC5C(OC2(C)C53)C4O)cc1. The first kappa shape index (κ1) is 12.2. The third-order valence-corrected chi connectivity index (χ3v) is 6.29. The Hall–Kier alpha value is -1.39. The Morgan fingerprint density at radius 3 is 2.71 bits per heavy atom. The normalized spacial score (nSPS) is 49.5. The van der Waals surface area contributed by atoms with Crippen molar-refractivity contribution in [2.45, 2.75) is 38.2 Å². The highest BCUT2D eigenvalue weighted by Crippen LogP contribution is 2.67. The van der Waals surface area contributed by atoms with E-state index >= 15 is 0 Å². The molecule has 1 aromatic carbocycles. The summed E-state index contributed by atoms with van der Waals surface area (Å²) in [6, 6.07) is 8.06. The van der Waals surface area contributed by atoms with Crippen LogP contribution in [0.3, 0.4) is 0 Å². The van der Waals surface area contributed by atoms with Gasteiger partial charge in [0.2, 0.25) is 5.91 Å². The van der Waals surface area contributed by atoms with E-state index in [-0.39, 0.29) is 29.8 Å². The lowest BCUT2D eigenvalue weighted by atomic mass is 9.77. The number of nitrogens with zero attached hydrogens (tertiary/aromatic N) is 1. The smallest absolute Gasteiger partial charge is 0.233 e. The molecule has 7 unspecified atom stereocenters. The number of aryl methyl sites for hydroxylation is 1. The molecule has 0 radical (unpaired) electrons. The van der Waals surface area contributed by atoms with Gasteiger partial charge in [-0.1, -0.05) is 17.7 Å². The van der Waals surface area contributed by atoms with Crippen molar-refractivity contribution in [2.24, 2.45) is 23.7 Å². The van der Waals surface area contributed by atoms with Gasteiger partial charge in [0.25, 0.3) is 0 Å². The molecule has 2 saturated heterocycles. The number of carbonyl (C=O) groups is 1. The Bertz CT molecular complexity index is 642. The maximum Gasteiger partial charge on any atom is 0.233 e. The maximum absolute atomic E-state index is 13.0. The third-order valence-electron chi connectivity index (χ3n) is 6.29. The van der Waals surface area contributed by atoms with Gasteiger partial charge in [-0.05, 0) is 44.2 Å². The Morgan fingerprint density at radius 1 is 1.29 bits per heavy atom. The highest BCUT2D eigenvalue weighted by Gasteiger charge is 2.77. The van der Waals surface area contributed by atoms with Crippen molar-refractivity contribution in [1.29, 1.82) is 0 Å². The standard InChI is InChI=1S/C17H19NO3/c1-8-3-5-9(6-4-8)18-16(20)12-10-7-11-13(12)17(18,2)21-15(11)14(10)19/h3-6,10-15,19H,7H2,1-2H3. The van der Waals surface area contributed by atoms with Crippen LogP contribution in [0.5, 0.6) is 0 Å². The predicted molar refractivity (Wildman–Crippen MR) is 76.5 cm³/mol. The van der Waals surface area contributed by atoms with Crippen molar-refractivity contribution < 1.29 is 14.6 Å². The van der Waals surface area contributed by atoms with Crippen LogP contribution in [0.4, 0.5) is 5.69 Å². The molecule has 0 spiro atoms. The van der Waals surface area contributed by atoms with Gasteiger partial charge in [-0.25, -0.2) is 0 Å². The molecular formula is C17H19NO3. The molecule has 2 bridgehead atoms. The summed E-state index contributed by atoms with van der Waals surface area (Å²) < 4.78 is 6.25. The van der Waals surface area contributed by atoms with E-state index in [1.165, 1.54) is 5.56 Å². The summed E-state index contributed by atoms with van der Waals surface area (Å²) >= 11 is 0. The zero-order valence-corrected chi connectivity index (χ0v) is 12.2. The second-order valence-electron chi connectivity index (χ2n) is 7.25. The number of fused-ring (bicyclic) bond motifs is 2. The van der Waals surface area contributed by atoms with Crippen molar-refractivity contribution in [1.82, 2.24) is 0 Å². The molecular weight excluding hydrogens is 266 g/mol. The van der Waals surface area contributed by atoms with E-state index in [9.17, 15) is 9.90 Å². The van der Waals surface area contributed by atoms with Crippen LogP contribution in [0.15, 0.2) is 24.3 Å². The van der Waals surface area contributed by atoms with Gasteiger partial charge in [-0.2, -0.15) is 0 Å². The Labute approximate surface area is 123 Å². The number of aliphatic hydroxyl groups is 1. The monoisotopic (exact) mass is 285 g/mol. The minimum absolute atomic E-state index is 0.0601. The fourth-order valence-corrected chi connectivity index (χ4v) is 5.55. The fourth-order valence-electron chi connectivity index (χ4n) is 5.55. The number of ether oxygens (including phenoxy) is 1. The molecule has 4 aliphatic rings. The second kappa shape index (κ2) is 3.50. The van der Waals surface area contributed by atoms with E-state index < -0.39 is 11.8 Å². The van der Waals surface area contributed by atoms with Crippen molar-refractivity contribution in [3.63, 3.8) is 0 Å². The number of benzene rings is 1. The molecule has 110 valence electrons. The number of hydrogen-bond donors (Lipinski definition) is 1. The zero-order valence-electron chi connectivity index (χ0n) is 12.2. The van der Waals surface area contributed by atoms with Crippen molar-refractivity contribution in [3.05, 3.63) is 29.8 Å². The van der Waals surface area contributed by atoms with Gasteiger partial charge in [0.15, 0.2) is 0 Å². The minimum Gasteiger partial charge on any atom is -0.390 e. The number of amides is 1. The van der Waals surface area contributed by atoms with E-state index in [1.54, 1.807) is 0 Å². The maximum atomic E-state index is 13.0. The van der Waals surface area contributed by atoms with Crippen LogP contribution < -0.4 is 4.90 Å². The highest BCUT2D eigenvalue weighted by atomic mass is 16.6. The summed E-state index contributed by atoms with van der Waals surface area (Å²) in [5, 5.41) is 10.4. The predicted octanol–water partition coefficient (Wildman–Crippen LogP) is 1.70. The Kier molecular flexibility index (Phi) is 2.03. The van der Waals surface area contributed by atoms with Gasteiger partial charge < -0.3 is 9.84 Å². The van der Waals surface area contributed by atoms with E-state index in [1.807, 2.05) is 43.0 Å². The lowest BCUT2D eigenvalue weighted by Crippen LogP contribution is -2.49. The molecule has 4 fully saturated rings. The summed E-state index contributed by atoms with van der Waals surface area (Å²) in [7, 11) is 0. The number of carbonyl (C=O) groups excluding carboxylic acids is 1. The number of hydrogen-bond acceptors (Lipinski definition) is 3. The lowest BCUT2D eigenvalue weighted by molar-refractivity contribution is -0.131. The first-order valence-corrected chi connectivity index (χ1v) is 7.79. The molecule has 1 amide bonds. The molecule has 1 N–H and O–H groups in total. The summed E-state index contributed by atoms with van der Waals surface area (Å²) in [6.45, 7) is 4.07. The second-order valence-corrected chi connectivity index (χ2v) is 7.25. The summed E-state index contributed by atoms with van der Waals surface area (Å²) in [4.78, 5) is 14.8. The van der Waals surface area contributed by atoms with Crippen LogP contribution in [-0.2, 0) is 9.53 Å². The van der Waals surface area contributed by atoms with Gasteiger partial charge in [0.05, 0.1) is 18.1 Å². The van der Waals surface area contributed by atoms with Crippen LogP contribution in [0, 0.1) is 30.6 Å². The van der Waals surface area contributed by atoms with Gasteiger partial charge >= 0.3 is 0 Å². The van der Waals surface area contributed by atoms with Crippen LogP contribution in [-0.4, -0.2) is 28.9 Å². The molecule has 2 aliphatic carbocycles. The molecule has 2 heterocycles. The average Bonchev–Trinajstić information content (AvgIpc) is 3.09. The zero-order chi connectivity index (χ0) is 14.5. The molecule has 1 aromatic rings. The van der Waals surface area contributed by atoms with Gasteiger partial charge in [-0.3, -0.25) is 9.69 Å². The van der Waals surface area contributed by atoms with E-state index in [0.29, 0.717) is 5.92 Å². The van der Waals surface area contributed by atoms with Crippen LogP contribution >= 0.6 is 0 Å². The van der Waals surface area contributed by atoms with Crippen molar-refractivity contribution in [3.8, 4) is 0 Å². The highest BCUT2D eigenvalue weighted by molar-refractivity contribution is 6.00. The van der Waals surface area contributed by atoms with Gasteiger partial charge in [0, 0.05) is 11.6 Å². The largest absolute Gasteiger partial charge is 0.390 e. The molecule has 0 aromatic heterocycles. The van der Waals surface area contributed by atoms with Crippen LogP contribution in [0.25, 0.3) is 0 Å². The minimum atomic E-state index is -0.585. The van der Waals surface area contributed by atoms with E-state index in [2.05, 4.69) is 0 Å². The van der Waals surface area contributed by atoms with Crippen LogP contribution in [0.2, 0.25) is 0 Å². The molecule has 5 rings (SSSR count). The molecule has 4 heteroatoms. The summed E-state index contributed by atoms with van der Waals surface area (Å²) in [5.74, 6) is 0.755. The Balaban J connectivity index is 1.64. The first-order chi connectivity index (χ1) is 10.0. The van der Waals surface area contributed by atoms with E-state index in [4.69, 9.17) is 4.74 Å². The molecule has 2 saturated carbocycles. The number of rotatable bonds is 1. The van der Waals surface area contributed by atoms with Gasteiger partial charge in [-0.15, -0.1) is 0 Å². The van der Waals surface area contributed by atoms with Crippen molar-refractivity contribution in [2.75, 3.05) is 4.90 Å². The Morgan fingerprint density at radius 2 is 2.00 bits per heavy atom. The van der Waals surface area contributed by atoms with Gasteiger partial charge in [0.1, 0.15) is 5.72 Å². The molecule has 2 aliphatic heterocycles.